The number of oxime groups is 1. The Kier molecular flexibility index (Phi) is 12.9. The van der Waals surface area contributed by atoms with Crippen LogP contribution in [0.5, 0.6) is 17.2 Å². The summed E-state index contributed by atoms with van der Waals surface area (Å²) in [7, 11) is -3.52. The highest BCUT2D eigenvalue weighted by molar-refractivity contribution is 7.47. The molecule has 19 nitrogen and oxygen atoms in total. The molecule has 0 bridgehead atoms. The maximum absolute atomic E-state index is 13.1. The van der Waals surface area contributed by atoms with Gasteiger partial charge in [-0.05, 0) is 35.4 Å². The van der Waals surface area contributed by atoms with Gasteiger partial charge in [-0.2, -0.15) is 0 Å². The lowest BCUT2D eigenvalue weighted by Crippen LogP contribution is -2.36. The van der Waals surface area contributed by atoms with Crippen molar-refractivity contribution in [3.8, 4) is 17.2 Å². The topological polar surface area (TPSA) is 270 Å². The van der Waals surface area contributed by atoms with E-state index < -0.39 is 80.9 Å². The highest BCUT2D eigenvalue weighted by Crippen LogP contribution is 2.46. The number of methoxy groups -OCH3 is 1. The number of rotatable bonds is 14. The maximum atomic E-state index is 13.1. The third-order valence-electron chi connectivity index (χ3n) is 9.28. The van der Waals surface area contributed by atoms with Crippen LogP contribution in [0.4, 0.5) is 0 Å². The number of hydrogen-bond donors (Lipinski definition) is 7. The van der Waals surface area contributed by atoms with Gasteiger partial charge in [0, 0.05) is 36.6 Å². The van der Waals surface area contributed by atoms with Crippen molar-refractivity contribution < 1.29 is 62.8 Å². The number of benzene rings is 3. The number of aromatic hydroxyl groups is 2. The second-order valence-corrected chi connectivity index (χ2v) is 15.3. The molecular formula is C35H37Cl2N4O15P. The van der Waals surface area contributed by atoms with E-state index in [-0.39, 0.29) is 57.6 Å². The van der Waals surface area contributed by atoms with Gasteiger partial charge in [0.2, 0.25) is 0 Å². The number of nitrogens with one attached hydrogen (secondary N) is 2. The largest absolute Gasteiger partial charge is 0.507 e. The molecule has 7 atom stereocenters. The average molecular weight is 856 g/mol. The van der Waals surface area contributed by atoms with E-state index in [0.29, 0.717) is 5.39 Å². The standard InChI is InChI=1S/C35H37Cl2N4O15P/c1-16-4-3-5-17-6-21(24(42)8-20(16)17)33(46)38-11-19-13-41(35(48)40-32(19)45)28-10-25(56-39-12-22-23(36)9-26(51-2)31(44)30(22)37)27(54-28)15-53-57(49,50)52-14-18-7-29(43)55-34(18)47/h3-6,8-9,12-13,18,25,27-29,34,42-44,47H,7,10-11,14-15H2,1-2H3,(H,38,46)(H,49,50)(H,40,45,48)/b39-12+/t18?,25?,27-,28-,29?,34?/m1/s1. The number of phosphoric ester groups is 1. The Morgan fingerprint density at radius 2 is 1.88 bits per heavy atom. The number of amides is 1. The number of aliphatic hydroxyl groups is 2. The number of carbonyl (C=O) groups excluding carboxylic acids is 1. The maximum Gasteiger partial charge on any atom is 0.472 e. The molecule has 6 rings (SSSR count). The third-order valence-corrected chi connectivity index (χ3v) is 10.9. The van der Waals surface area contributed by atoms with E-state index >= 15 is 0 Å². The lowest BCUT2D eigenvalue weighted by Gasteiger charge is -2.20. The first-order valence-electron chi connectivity index (χ1n) is 17.1. The van der Waals surface area contributed by atoms with E-state index in [1.807, 2.05) is 19.1 Å². The molecule has 0 saturated carbocycles. The number of phenols is 2. The fourth-order valence-corrected chi connectivity index (χ4v) is 7.53. The summed E-state index contributed by atoms with van der Waals surface area (Å²) in [5.41, 5.74) is -0.888. The number of aromatic nitrogens is 2. The first-order chi connectivity index (χ1) is 27.0. The Hall–Kier alpha value is -4.53. The van der Waals surface area contributed by atoms with Gasteiger partial charge in [0.15, 0.2) is 30.2 Å². The van der Waals surface area contributed by atoms with E-state index in [0.717, 1.165) is 27.9 Å². The highest BCUT2D eigenvalue weighted by atomic mass is 35.5. The predicted molar refractivity (Wildman–Crippen MR) is 201 cm³/mol. The van der Waals surface area contributed by atoms with Crippen molar-refractivity contribution in [2.75, 3.05) is 20.3 Å². The van der Waals surface area contributed by atoms with E-state index in [9.17, 15) is 44.3 Å². The van der Waals surface area contributed by atoms with Crippen LogP contribution in [0, 0.1) is 12.8 Å². The van der Waals surface area contributed by atoms with Gasteiger partial charge in [-0.3, -0.25) is 28.2 Å². The lowest BCUT2D eigenvalue weighted by atomic mass is 10.0. The second-order valence-electron chi connectivity index (χ2n) is 13.1. The summed E-state index contributed by atoms with van der Waals surface area (Å²) in [5, 5.41) is 48.1. The number of ether oxygens (including phenoxy) is 3. The predicted octanol–water partition coefficient (Wildman–Crippen LogP) is 3.17. The minimum absolute atomic E-state index is 0.00120. The van der Waals surface area contributed by atoms with Crippen molar-refractivity contribution in [1.29, 1.82) is 0 Å². The summed E-state index contributed by atoms with van der Waals surface area (Å²) >= 11 is 12.5. The van der Waals surface area contributed by atoms with Crippen LogP contribution < -0.4 is 21.3 Å². The molecule has 5 unspecified atom stereocenters. The second kappa shape index (κ2) is 17.5. The molecule has 2 saturated heterocycles. The molecule has 0 aliphatic carbocycles. The Bertz CT molecular complexity index is 2360. The van der Waals surface area contributed by atoms with Crippen molar-refractivity contribution in [3.63, 3.8) is 0 Å². The molecule has 3 heterocycles. The molecule has 2 aliphatic rings. The first-order valence-corrected chi connectivity index (χ1v) is 19.4. The van der Waals surface area contributed by atoms with Gasteiger partial charge < -0.3 is 49.7 Å². The SMILES string of the molecule is COc1cc(Cl)c(/C=N/OC2C[C@H](n3cc(CNC(=O)c4cc5cccc(C)c5cc4O)c(=O)[nH]c3=O)O[C@@H]2COP(=O)(O)OCC2CC(O)OC2O)c(Cl)c1O. The summed E-state index contributed by atoms with van der Waals surface area (Å²) in [6, 6.07) is 9.73. The quantitative estimate of drug-likeness (QED) is 0.0546. The van der Waals surface area contributed by atoms with Crippen LogP contribution in [-0.2, 0) is 34.5 Å². The molecule has 22 heteroatoms. The monoisotopic (exact) mass is 854 g/mol. The number of phosphoric acid groups is 1. The zero-order valence-corrected chi connectivity index (χ0v) is 32.4. The van der Waals surface area contributed by atoms with Crippen LogP contribution >= 0.6 is 31.0 Å². The summed E-state index contributed by atoms with van der Waals surface area (Å²) in [6.45, 7) is 0.314. The zero-order valence-electron chi connectivity index (χ0n) is 30.0. The summed E-state index contributed by atoms with van der Waals surface area (Å²) < 4.78 is 39.8. The van der Waals surface area contributed by atoms with Crippen molar-refractivity contribution in [3.05, 3.63) is 95.7 Å². The molecule has 3 aromatic carbocycles. The fourth-order valence-electron chi connectivity index (χ4n) is 6.21. The van der Waals surface area contributed by atoms with E-state index in [2.05, 4.69) is 15.5 Å². The minimum Gasteiger partial charge on any atom is -0.507 e. The molecule has 1 aromatic heterocycles. The number of carbonyl (C=O) groups is 1. The van der Waals surface area contributed by atoms with Gasteiger partial charge in [-0.25, -0.2) is 9.36 Å². The van der Waals surface area contributed by atoms with Crippen molar-refractivity contribution in [2.45, 2.75) is 57.3 Å². The van der Waals surface area contributed by atoms with Crippen molar-refractivity contribution >= 4 is 53.9 Å². The minimum atomic E-state index is -4.82. The van der Waals surface area contributed by atoms with Crippen LogP contribution in [0.3, 0.4) is 0 Å². The molecule has 306 valence electrons. The molecule has 0 radical (unpaired) electrons. The summed E-state index contributed by atoms with van der Waals surface area (Å²) in [6.07, 6.45) is -4.24. The Morgan fingerprint density at radius 1 is 1.12 bits per heavy atom. The van der Waals surface area contributed by atoms with E-state index in [1.54, 1.807) is 6.07 Å². The molecule has 7 N–H and O–H groups in total. The van der Waals surface area contributed by atoms with Gasteiger partial charge in [0.1, 0.15) is 18.1 Å². The van der Waals surface area contributed by atoms with Gasteiger partial charge in [-0.1, -0.05) is 46.6 Å². The number of nitrogens with zero attached hydrogens (tertiary/aromatic N) is 2. The Morgan fingerprint density at radius 3 is 2.60 bits per heavy atom. The summed E-state index contributed by atoms with van der Waals surface area (Å²) in [4.78, 5) is 57.3. The first kappa shape index (κ1) is 42.1. The van der Waals surface area contributed by atoms with Crippen molar-refractivity contribution in [2.24, 2.45) is 11.1 Å². The van der Waals surface area contributed by atoms with Gasteiger partial charge in [0.25, 0.3) is 11.5 Å². The van der Waals surface area contributed by atoms with Gasteiger partial charge in [0.05, 0.1) is 54.3 Å². The van der Waals surface area contributed by atoms with E-state index in [1.165, 1.54) is 25.3 Å². The lowest BCUT2D eigenvalue weighted by molar-refractivity contribution is -0.170. The molecule has 2 fully saturated rings. The fraction of sp³-hybridized carbons (Fsp3) is 0.371. The third kappa shape index (κ3) is 9.61. The normalized spacial score (nSPS) is 23.2. The number of halogens is 2. The van der Waals surface area contributed by atoms with Crippen LogP contribution in [-0.4, -0.2) is 92.1 Å². The molecule has 57 heavy (non-hydrogen) atoms. The zero-order chi connectivity index (χ0) is 41.2. The number of fused-ring (bicyclic) bond motifs is 1. The van der Waals surface area contributed by atoms with Gasteiger partial charge in [-0.15, -0.1) is 0 Å². The number of aromatic amines is 1. The van der Waals surface area contributed by atoms with E-state index in [4.69, 9.17) is 51.3 Å². The molecule has 0 spiro atoms. The smallest absolute Gasteiger partial charge is 0.472 e. The highest BCUT2D eigenvalue weighted by Gasteiger charge is 2.41. The number of H-pyrrole nitrogens is 1. The number of hydrogen-bond acceptors (Lipinski definition) is 15. The van der Waals surface area contributed by atoms with Crippen LogP contribution in [0.2, 0.25) is 10.0 Å². The summed E-state index contributed by atoms with van der Waals surface area (Å²) in [5.74, 6) is -2.21. The molecular weight excluding hydrogens is 818 g/mol. The average Bonchev–Trinajstić information content (AvgIpc) is 3.72. The molecule has 4 aromatic rings. The number of aliphatic hydroxyl groups excluding tert-OH is 2. The molecule has 2 aliphatic heterocycles. The van der Waals surface area contributed by atoms with Crippen LogP contribution in [0.1, 0.15) is 46.1 Å². The van der Waals surface area contributed by atoms with Crippen LogP contribution in [0.15, 0.2) is 57.3 Å². The number of phenolic OH excluding ortho intramolecular Hbond substituents is 2. The van der Waals surface area contributed by atoms with Crippen molar-refractivity contribution in [1.82, 2.24) is 14.9 Å². The molecule has 1 amide bonds. The van der Waals surface area contributed by atoms with Gasteiger partial charge >= 0.3 is 13.5 Å². The number of aryl methyl sites for hydroxylation is 1. The Labute approximate surface area is 332 Å². The van der Waals surface area contributed by atoms with Crippen LogP contribution in [0.25, 0.3) is 10.8 Å². The Balaban J connectivity index is 1.20.